The lowest BCUT2D eigenvalue weighted by atomic mass is 10.2. The molecule has 0 N–H and O–H groups in total. The first-order chi connectivity index (χ1) is 5.25. The summed E-state index contributed by atoms with van der Waals surface area (Å²) in [4.78, 5) is 0. The molecule has 0 nitrogen and oxygen atoms in total. The Morgan fingerprint density at radius 3 is 2.73 bits per heavy atom. The van der Waals surface area contributed by atoms with Crippen LogP contribution in [0.3, 0.4) is 0 Å². The van der Waals surface area contributed by atoms with Crippen LogP contribution in [0.25, 0.3) is 0 Å². The topological polar surface area (TPSA) is 0 Å². The van der Waals surface area contributed by atoms with E-state index in [1.54, 1.807) is 6.07 Å². The first kappa shape index (κ1) is 8.53. The summed E-state index contributed by atoms with van der Waals surface area (Å²) in [5.41, 5.74) is 0.428. The fourth-order valence-corrected chi connectivity index (χ4v) is 1.35. The van der Waals surface area contributed by atoms with Crippen LogP contribution in [0, 0.1) is 11.6 Å². The quantitative estimate of drug-likeness (QED) is 0.664. The van der Waals surface area contributed by atoms with Crippen LogP contribution in [0.2, 0.25) is 0 Å². The summed E-state index contributed by atoms with van der Waals surface area (Å²) >= 11 is 1.47. The Hall–Kier alpha value is -0.570. The summed E-state index contributed by atoms with van der Waals surface area (Å²) in [5, 5.41) is 0. The molecule has 0 aliphatic heterocycles. The van der Waals surface area contributed by atoms with Crippen LogP contribution in [-0.4, -0.2) is 6.26 Å². The van der Waals surface area contributed by atoms with Gasteiger partial charge in [0.05, 0.1) is 0 Å². The van der Waals surface area contributed by atoms with Gasteiger partial charge in [-0.05, 0) is 12.3 Å². The minimum Gasteiger partial charge on any atom is -0.204 e. The monoisotopic (exact) mass is 174 g/mol. The molecule has 1 rings (SSSR count). The molecule has 0 heterocycles. The highest BCUT2D eigenvalue weighted by Gasteiger charge is 2.05. The maximum Gasteiger partial charge on any atom is 0.162 e. The van der Waals surface area contributed by atoms with Crippen molar-refractivity contribution in [3.05, 3.63) is 35.4 Å². The first-order valence-corrected chi connectivity index (χ1v) is 4.57. The second-order valence-electron chi connectivity index (χ2n) is 2.15. The molecule has 0 aliphatic rings. The Labute approximate surface area is 68.6 Å². The Balaban J connectivity index is 2.96. The molecule has 0 spiro atoms. The van der Waals surface area contributed by atoms with Gasteiger partial charge in [0.2, 0.25) is 0 Å². The zero-order valence-corrected chi connectivity index (χ0v) is 6.92. The van der Waals surface area contributed by atoms with Crippen LogP contribution >= 0.6 is 11.8 Å². The van der Waals surface area contributed by atoms with E-state index in [0.29, 0.717) is 11.3 Å². The Kier molecular flexibility index (Phi) is 2.88. The molecule has 60 valence electrons. The third-order valence-electron chi connectivity index (χ3n) is 1.33. The van der Waals surface area contributed by atoms with E-state index in [-0.39, 0.29) is 0 Å². The molecular formula is C8H8F2S. The average molecular weight is 174 g/mol. The van der Waals surface area contributed by atoms with E-state index in [2.05, 4.69) is 0 Å². The van der Waals surface area contributed by atoms with Crippen molar-refractivity contribution in [2.24, 2.45) is 0 Å². The van der Waals surface area contributed by atoms with Crippen molar-refractivity contribution < 1.29 is 8.78 Å². The molecular weight excluding hydrogens is 166 g/mol. The fraction of sp³-hybridized carbons (Fsp3) is 0.250. The lowest BCUT2D eigenvalue weighted by Crippen LogP contribution is -1.90. The van der Waals surface area contributed by atoms with Gasteiger partial charge in [0.1, 0.15) is 0 Å². The molecule has 0 saturated heterocycles. The smallest absolute Gasteiger partial charge is 0.162 e. The van der Waals surface area contributed by atoms with Crippen molar-refractivity contribution in [1.82, 2.24) is 0 Å². The van der Waals surface area contributed by atoms with Gasteiger partial charge in [0, 0.05) is 11.3 Å². The Morgan fingerprint density at radius 2 is 2.09 bits per heavy atom. The number of rotatable bonds is 2. The molecule has 0 radical (unpaired) electrons. The van der Waals surface area contributed by atoms with E-state index in [1.807, 2.05) is 6.26 Å². The number of hydrogen-bond acceptors (Lipinski definition) is 1. The van der Waals surface area contributed by atoms with Crippen molar-refractivity contribution in [2.45, 2.75) is 5.75 Å². The highest BCUT2D eigenvalue weighted by Crippen LogP contribution is 2.15. The molecule has 0 atom stereocenters. The van der Waals surface area contributed by atoms with Gasteiger partial charge in [0.15, 0.2) is 11.6 Å². The molecule has 11 heavy (non-hydrogen) atoms. The molecule has 3 heteroatoms. The van der Waals surface area contributed by atoms with Gasteiger partial charge in [-0.1, -0.05) is 12.1 Å². The predicted molar refractivity (Wildman–Crippen MR) is 43.6 cm³/mol. The van der Waals surface area contributed by atoms with Gasteiger partial charge in [0.25, 0.3) is 0 Å². The SMILES string of the molecule is CSCc1cccc(F)c1F. The zero-order chi connectivity index (χ0) is 8.27. The highest BCUT2D eigenvalue weighted by molar-refractivity contribution is 7.97. The number of benzene rings is 1. The molecule has 1 aromatic carbocycles. The summed E-state index contributed by atoms with van der Waals surface area (Å²) in [7, 11) is 0. The lowest BCUT2D eigenvalue weighted by Gasteiger charge is -1.99. The van der Waals surface area contributed by atoms with E-state index in [9.17, 15) is 8.78 Å². The number of halogens is 2. The molecule has 0 saturated carbocycles. The van der Waals surface area contributed by atoms with E-state index in [0.717, 1.165) is 6.07 Å². The van der Waals surface area contributed by atoms with Crippen molar-refractivity contribution in [1.29, 1.82) is 0 Å². The van der Waals surface area contributed by atoms with Crippen LogP contribution in [0.4, 0.5) is 8.78 Å². The summed E-state index contributed by atoms with van der Waals surface area (Å²) in [5.74, 6) is -0.970. The maximum absolute atomic E-state index is 12.8. The average Bonchev–Trinajstić information content (AvgIpc) is 1.99. The van der Waals surface area contributed by atoms with Crippen LogP contribution < -0.4 is 0 Å². The van der Waals surface area contributed by atoms with Crippen molar-refractivity contribution in [3.63, 3.8) is 0 Å². The van der Waals surface area contributed by atoms with Crippen LogP contribution in [0.15, 0.2) is 18.2 Å². The highest BCUT2D eigenvalue weighted by atomic mass is 32.2. The molecule has 0 unspecified atom stereocenters. The molecule has 0 aromatic heterocycles. The predicted octanol–water partition coefficient (Wildman–Crippen LogP) is 2.83. The van der Waals surface area contributed by atoms with Crippen molar-refractivity contribution in [3.8, 4) is 0 Å². The van der Waals surface area contributed by atoms with Crippen LogP contribution in [0.1, 0.15) is 5.56 Å². The molecule has 0 amide bonds. The lowest BCUT2D eigenvalue weighted by molar-refractivity contribution is 0.502. The third kappa shape index (κ3) is 1.93. The van der Waals surface area contributed by atoms with Crippen molar-refractivity contribution >= 4 is 11.8 Å². The summed E-state index contributed by atoms with van der Waals surface area (Å²) in [6.07, 6.45) is 1.85. The van der Waals surface area contributed by atoms with Crippen LogP contribution in [-0.2, 0) is 5.75 Å². The second-order valence-corrected chi connectivity index (χ2v) is 3.01. The van der Waals surface area contributed by atoms with Gasteiger partial charge < -0.3 is 0 Å². The maximum atomic E-state index is 12.8. The third-order valence-corrected chi connectivity index (χ3v) is 1.93. The van der Waals surface area contributed by atoms with Gasteiger partial charge in [-0.2, -0.15) is 11.8 Å². The summed E-state index contributed by atoms with van der Waals surface area (Å²) in [6.45, 7) is 0. The number of hydrogen-bond donors (Lipinski definition) is 0. The Morgan fingerprint density at radius 1 is 1.36 bits per heavy atom. The minimum absolute atomic E-state index is 0.428. The Bertz CT molecular complexity index is 248. The summed E-state index contributed by atoms with van der Waals surface area (Å²) < 4.78 is 25.3. The van der Waals surface area contributed by atoms with Gasteiger partial charge >= 0.3 is 0 Å². The van der Waals surface area contributed by atoms with Gasteiger partial charge in [-0.3, -0.25) is 0 Å². The molecule has 0 aliphatic carbocycles. The van der Waals surface area contributed by atoms with Crippen molar-refractivity contribution in [2.75, 3.05) is 6.26 Å². The zero-order valence-electron chi connectivity index (χ0n) is 6.10. The van der Waals surface area contributed by atoms with E-state index >= 15 is 0 Å². The van der Waals surface area contributed by atoms with Gasteiger partial charge in [-0.25, -0.2) is 8.78 Å². The first-order valence-electron chi connectivity index (χ1n) is 3.17. The second kappa shape index (κ2) is 3.72. The van der Waals surface area contributed by atoms with E-state index < -0.39 is 11.6 Å². The molecule has 0 bridgehead atoms. The van der Waals surface area contributed by atoms with Crippen LogP contribution in [0.5, 0.6) is 0 Å². The molecule has 0 fully saturated rings. The standard InChI is InChI=1S/C8H8F2S/c1-11-5-6-3-2-4-7(9)8(6)10/h2-4H,5H2,1H3. The number of thioether (sulfide) groups is 1. The summed E-state index contributed by atoms with van der Waals surface area (Å²) in [6, 6.07) is 4.23. The van der Waals surface area contributed by atoms with E-state index in [4.69, 9.17) is 0 Å². The largest absolute Gasteiger partial charge is 0.204 e. The van der Waals surface area contributed by atoms with E-state index in [1.165, 1.54) is 17.8 Å². The van der Waals surface area contributed by atoms with Gasteiger partial charge in [-0.15, -0.1) is 0 Å². The normalized spacial score (nSPS) is 10.1. The molecule has 1 aromatic rings. The minimum atomic E-state index is -0.767. The fourth-order valence-electron chi connectivity index (χ4n) is 0.815.